The Balaban J connectivity index is 1.32. The highest BCUT2D eigenvalue weighted by Crippen LogP contribution is 2.39. The fourth-order valence-electron chi connectivity index (χ4n) is 5.06. The third-order valence-electron chi connectivity index (χ3n) is 7.14. The van der Waals surface area contributed by atoms with Gasteiger partial charge in [0.2, 0.25) is 5.16 Å². The summed E-state index contributed by atoms with van der Waals surface area (Å²) in [5, 5.41) is 5.22. The monoisotopic (exact) mass is 583 g/mol. The van der Waals surface area contributed by atoms with Crippen LogP contribution in [-0.2, 0) is 38.8 Å². The van der Waals surface area contributed by atoms with Gasteiger partial charge in [-0.3, -0.25) is 0 Å². The highest BCUT2D eigenvalue weighted by atomic mass is 32.2. The van der Waals surface area contributed by atoms with Crippen molar-refractivity contribution in [3.63, 3.8) is 0 Å². The summed E-state index contributed by atoms with van der Waals surface area (Å²) in [5.74, 6) is 0.306. The van der Waals surface area contributed by atoms with E-state index < -0.39 is 24.4 Å². The topological polar surface area (TPSA) is 106 Å². The van der Waals surface area contributed by atoms with Crippen LogP contribution >= 0.6 is 11.8 Å². The Labute approximate surface area is 249 Å². The fourth-order valence-corrected chi connectivity index (χ4v) is 5.42. The smallest absolute Gasteiger partial charge is 0.209 e. The molecule has 0 saturated carbocycles. The molecule has 0 amide bonds. The first kappa shape index (κ1) is 28.3. The molecular weight excluding hydrogens is 550 g/mol. The van der Waals surface area contributed by atoms with Crippen LogP contribution in [0.4, 0.5) is 5.82 Å². The first-order chi connectivity index (χ1) is 20.7. The second kappa shape index (κ2) is 13.5. The van der Waals surface area contributed by atoms with Gasteiger partial charge in [0.15, 0.2) is 11.5 Å². The molecule has 216 valence electrons. The summed E-state index contributed by atoms with van der Waals surface area (Å²) in [4.78, 5) is 8.88. The highest BCUT2D eigenvalue weighted by molar-refractivity contribution is 7.98. The van der Waals surface area contributed by atoms with Gasteiger partial charge in [-0.05, 0) is 22.9 Å². The third kappa shape index (κ3) is 6.48. The van der Waals surface area contributed by atoms with Crippen molar-refractivity contribution in [2.45, 2.75) is 49.4 Å². The molecule has 1 saturated heterocycles. The van der Waals surface area contributed by atoms with Gasteiger partial charge in [0, 0.05) is 0 Å². The number of anilines is 1. The Morgan fingerprint density at radius 2 is 1.38 bits per heavy atom. The van der Waals surface area contributed by atoms with Crippen LogP contribution in [0.15, 0.2) is 102 Å². The zero-order valence-corrected chi connectivity index (χ0v) is 24.1. The minimum Gasteiger partial charge on any atom is -0.380 e. The Kier molecular flexibility index (Phi) is 9.07. The van der Waals surface area contributed by atoms with Gasteiger partial charge in [-0.15, -0.1) is 5.10 Å². The van der Waals surface area contributed by atoms with Crippen molar-refractivity contribution >= 4 is 23.2 Å². The van der Waals surface area contributed by atoms with Crippen LogP contribution in [0.25, 0.3) is 5.65 Å². The van der Waals surface area contributed by atoms with E-state index in [1.54, 1.807) is 10.7 Å². The fraction of sp³-hybridized carbons (Fsp3) is 0.281. The maximum absolute atomic E-state index is 6.72. The van der Waals surface area contributed by atoms with Crippen LogP contribution in [0.3, 0.4) is 0 Å². The lowest BCUT2D eigenvalue weighted by Gasteiger charge is -2.25. The second-order valence-corrected chi connectivity index (χ2v) is 10.8. The average Bonchev–Trinajstić information content (AvgIpc) is 3.61. The maximum atomic E-state index is 6.72. The van der Waals surface area contributed by atoms with Crippen molar-refractivity contribution in [3.8, 4) is 0 Å². The highest BCUT2D eigenvalue weighted by Gasteiger charge is 2.48. The van der Waals surface area contributed by atoms with Crippen LogP contribution in [0, 0.1) is 0 Å². The largest absolute Gasteiger partial charge is 0.380 e. The van der Waals surface area contributed by atoms with E-state index in [1.807, 2.05) is 97.3 Å². The summed E-state index contributed by atoms with van der Waals surface area (Å²) in [6, 6.07) is 30.2. The molecule has 0 aliphatic carbocycles. The van der Waals surface area contributed by atoms with Gasteiger partial charge >= 0.3 is 0 Å². The van der Waals surface area contributed by atoms with E-state index in [9.17, 15) is 0 Å². The van der Waals surface area contributed by atoms with Crippen LogP contribution in [-0.4, -0.2) is 50.8 Å². The van der Waals surface area contributed by atoms with E-state index >= 15 is 0 Å². The van der Waals surface area contributed by atoms with Gasteiger partial charge < -0.3 is 24.7 Å². The maximum Gasteiger partial charge on any atom is 0.209 e. The number of rotatable bonds is 12. The summed E-state index contributed by atoms with van der Waals surface area (Å²) in [6.45, 7) is 1.57. The SMILES string of the molecule is CSc1nc(N)c2ncc([C@@H]3O[C@H](COCc4ccccc4)[C@@H](OCc4ccccc4)[C@H]3OCc3ccccc3)n2n1. The number of benzene rings is 3. The Hall–Kier alpha value is -3.80. The molecule has 2 aromatic heterocycles. The molecule has 6 rings (SSSR count). The Morgan fingerprint density at radius 1 is 0.810 bits per heavy atom. The quantitative estimate of drug-likeness (QED) is 0.197. The molecule has 3 heterocycles. The molecule has 0 unspecified atom stereocenters. The van der Waals surface area contributed by atoms with Crippen molar-refractivity contribution in [1.29, 1.82) is 0 Å². The first-order valence-electron chi connectivity index (χ1n) is 13.8. The Morgan fingerprint density at radius 3 is 1.98 bits per heavy atom. The van der Waals surface area contributed by atoms with E-state index in [1.165, 1.54) is 11.8 Å². The summed E-state index contributed by atoms with van der Waals surface area (Å²) in [7, 11) is 0. The molecule has 1 aliphatic heterocycles. The summed E-state index contributed by atoms with van der Waals surface area (Å²) in [5.41, 5.74) is 10.6. The molecule has 3 aromatic carbocycles. The van der Waals surface area contributed by atoms with E-state index in [-0.39, 0.29) is 0 Å². The molecule has 0 radical (unpaired) electrons. The van der Waals surface area contributed by atoms with Gasteiger partial charge in [0.05, 0.1) is 38.3 Å². The van der Waals surface area contributed by atoms with E-state index in [0.717, 1.165) is 16.7 Å². The molecular formula is C32H33N5O4S. The van der Waals surface area contributed by atoms with Gasteiger partial charge in [0.25, 0.3) is 0 Å². The van der Waals surface area contributed by atoms with Crippen molar-refractivity contribution in [1.82, 2.24) is 19.6 Å². The molecule has 5 aromatic rings. The van der Waals surface area contributed by atoms with Crippen molar-refractivity contribution in [3.05, 3.63) is 120 Å². The van der Waals surface area contributed by atoms with Gasteiger partial charge in [-0.2, -0.15) is 0 Å². The van der Waals surface area contributed by atoms with E-state index in [2.05, 4.69) is 15.1 Å². The van der Waals surface area contributed by atoms with Gasteiger partial charge in [0.1, 0.15) is 24.4 Å². The molecule has 0 spiro atoms. The number of fused-ring (bicyclic) bond motifs is 1. The number of nitrogens with two attached hydrogens (primary N) is 1. The number of hydrogen-bond donors (Lipinski definition) is 1. The lowest BCUT2D eigenvalue weighted by molar-refractivity contribution is -0.0898. The standard InChI is InChI=1S/C32H33N5O4S/c1-42-32-35-30(33)31-34-17-25(37(31)36-32)27-29(40-20-24-15-9-4-10-16-24)28(39-19-23-13-7-3-8-14-23)26(41-27)21-38-18-22-11-5-2-6-12-22/h2-17,26-29H,18-21H2,1H3,(H2,33,35,36)/t26-,27+,28-,29+/m1/s1. The van der Waals surface area contributed by atoms with Crippen LogP contribution in [0.1, 0.15) is 28.5 Å². The van der Waals surface area contributed by atoms with Crippen LogP contribution in [0.2, 0.25) is 0 Å². The predicted octanol–water partition coefficient (Wildman–Crippen LogP) is 5.26. The molecule has 9 nitrogen and oxygen atoms in total. The summed E-state index contributed by atoms with van der Waals surface area (Å²) < 4.78 is 27.8. The minimum atomic E-state index is -0.543. The number of nitrogen functional groups attached to an aromatic ring is 1. The molecule has 1 fully saturated rings. The average molecular weight is 584 g/mol. The molecule has 42 heavy (non-hydrogen) atoms. The zero-order chi connectivity index (χ0) is 28.7. The number of nitrogens with zero attached hydrogens (tertiary/aromatic N) is 4. The first-order valence-corrected chi connectivity index (χ1v) is 15.1. The van der Waals surface area contributed by atoms with Crippen LogP contribution < -0.4 is 5.73 Å². The third-order valence-corrected chi connectivity index (χ3v) is 7.68. The van der Waals surface area contributed by atoms with E-state index in [0.29, 0.717) is 48.7 Å². The predicted molar refractivity (Wildman–Crippen MR) is 161 cm³/mol. The molecule has 1 aliphatic rings. The normalized spacial score (nSPS) is 20.3. The number of hydrogen-bond acceptors (Lipinski definition) is 9. The number of ether oxygens (including phenoxy) is 4. The number of aromatic nitrogens is 4. The Bertz CT molecular complexity index is 1570. The summed E-state index contributed by atoms with van der Waals surface area (Å²) in [6.07, 6.45) is 1.78. The number of imidazole rings is 1. The molecule has 10 heteroatoms. The van der Waals surface area contributed by atoms with Crippen molar-refractivity contribution in [2.75, 3.05) is 18.6 Å². The molecule has 2 N–H and O–H groups in total. The minimum absolute atomic E-state index is 0.306. The lowest BCUT2D eigenvalue weighted by Crippen LogP contribution is -2.38. The van der Waals surface area contributed by atoms with E-state index in [4.69, 9.17) is 24.7 Å². The lowest BCUT2D eigenvalue weighted by atomic mass is 10.0. The number of thioether (sulfide) groups is 1. The van der Waals surface area contributed by atoms with Gasteiger partial charge in [-0.1, -0.05) is 103 Å². The molecule has 0 bridgehead atoms. The summed E-state index contributed by atoms with van der Waals surface area (Å²) >= 11 is 1.41. The van der Waals surface area contributed by atoms with Crippen molar-refractivity contribution < 1.29 is 18.9 Å². The van der Waals surface area contributed by atoms with Crippen molar-refractivity contribution in [2.24, 2.45) is 0 Å². The molecule has 4 atom stereocenters. The zero-order valence-electron chi connectivity index (χ0n) is 23.3. The van der Waals surface area contributed by atoms with Gasteiger partial charge in [-0.25, -0.2) is 14.5 Å². The van der Waals surface area contributed by atoms with Crippen LogP contribution in [0.5, 0.6) is 0 Å². The second-order valence-electron chi connectivity index (χ2n) is 10.0.